The third kappa shape index (κ3) is 4.14. The topological polar surface area (TPSA) is 71.8 Å². The maximum atomic E-state index is 11.6. The average molecular weight is 237 g/mol. The van der Waals surface area contributed by atoms with E-state index in [1.165, 1.54) is 12.8 Å². The Morgan fingerprint density at radius 2 is 2.53 bits per heavy atom. The average Bonchev–Trinajstić information content (AvgIpc) is 2.88. The highest BCUT2D eigenvalue weighted by molar-refractivity contribution is 5.75. The van der Waals surface area contributed by atoms with Gasteiger partial charge in [-0.3, -0.25) is 9.48 Å². The van der Waals surface area contributed by atoms with Gasteiger partial charge in [0.15, 0.2) is 0 Å². The van der Waals surface area contributed by atoms with Crippen molar-refractivity contribution in [1.29, 1.82) is 0 Å². The summed E-state index contributed by atoms with van der Waals surface area (Å²) in [5, 5.41) is 13.8. The monoisotopic (exact) mass is 237 g/mol. The number of aryl methyl sites for hydroxylation is 1. The van der Waals surface area contributed by atoms with E-state index in [1.54, 1.807) is 17.1 Å². The third-order valence-electron chi connectivity index (χ3n) is 3.03. The van der Waals surface area contributed by atoms with Crippen molar-refractivity contribution in [2.24, 2.45) is 5.92 Å². The van der Waals surface area contributed by atoms with E-state index in [9.17, 15) is 4.79 Å². The Labute approximate surface area is 101 Å². The quantitative estimate of drug-likeness (QED) is 0.743. The van der Waals surface area contributed by atoms with Crippen molar-refractivity contribution in [2.75, 3.05) is 19.6 Å². The number of amides is 1. The molecule has 2 rings (SSSR count). The molecule has 0 spiro atoms. The molecular formula is C11H19N5O. The van der Waals surface area contributed by atoms with Crippen LogP contribution in [0.1, 0.15) is 19.3 Å². The summed E-state index contributed by atoms with van der Waals surface area (Å²) in [7, 11) is 0. The Morgan fingerprint density at radius 3 is 3.24 bits per heavy atom. The van der Waals surface area contributed by atoms with E-state index >= 15 is 0 Å². The molecule has 2 heterocycles. The number of aromatic nitrogens is 3. The van der Waals surface area contributed by atoms with E-state index in [-0.39, 0.29) is 5.91 Å². The van der Waals surface area contributed by atoms with Crippen LogP contribution >= 0.6 is 0 Å². The van der Waals surface area contributed by atoms with Crippen molar-refractivity contribution in [3.8, 4) is 0 Å². The molecule has 6 nitrogen and oxygen atoms in total. The van der Waals surface area contributed by atoms with Crippen molar-refractivity contribution >= 4 is 5.91 Å². The van der Waals surface area contributed by atoms with Gasteiger partial charge < -0.3 is 10.6 Å². The minimum atomic E-state index is 0.0890. The highest BCUT2D eigenvalue weighted by Gasteiger charge is 2.13. The van der Waals surface area contributed by atoms with Crippen LogP contribution in [-0.4, -0.2) is 40.5 Å². The Kier molecular flexibility index (Phi) is 4.49. The first kappa shape index (κ1) is 12.0. The molecule has 94 valence electrons. The van der Waals surface area contributed by atoms with Crippen molar-refractivity contribution < 1.29 is 4.79 Å². The largest absolute Gasteiger partial charge is 0.356 e. The number of nitrogens with zero attached hydrogens (tertiary/aromatic N) is 3. The van der Waals surface area contributed by atoms with Gasteiger partial charge in [0.25, 0.3) is 0 Å². The van der Waals surface area contributed by atoms with Gasteiger partial charge in [-0.15, -0.1) is 5.10 Å². The molecule has 1 saturated heterocycles. The third-order valence-corrected chi connectivity index (χ3v) is 3.03. The van der Waals surface area contributed by atoms with Crippen LogP contribution in [0, 0.1) is 5.92 Å². The van der Waals surface area contributed by atoms with Gasteiger partial charge in [0.05, 0.1) is 12.7 Å². The minimum absolute atomic E-state index is 0.0890. The van der Waals surface area contributed by atoms with Gasteiger partial charge in [-0.1, -0.05) is 5.21 Å². The summed E-state index contributed by atoms with van der Waals surface area (Å²) in [6.07, 6.45) is 6.25. The number of hydrogen-bond donors (Lipinski definition) is 2. The standard InChI is InChI=1S/C11H19N5O/c17-11(3-6-16-7-5-14-15-16)13-9-10-2-1-4-12-8-10/h5,7,10,12H,1-4,6,8-9H2,(H,13,17). The second-order valence-corrected chi connectivity index (χ2v) is 4.43. The predicted octanol–water partition coefficient (Wildman–Crippen LogP) is -0.216. The molecule has 0 aromatic carbocycles. The van der Waals surface area contributed by atoms with Crippen LogP contribution in [0.15, 0.2) is 12.4 Å². The Bertz CT molecular complexity index is 332. The van der Waals surface area contributed by atoms with Gasteiger partial charge in [0.1, 0.15) is 0 Å². The van der Waals surface area contributed by atoms with E-state index < -0.39 is 0 Å². The first-order chi connectivity index (χ1) is 8.34. The zero-order valence-electron chi connectivity index (χ0n) is 9.93. The second-order valence-electron chi connectivity index (χ2n) is 4.43. The molecule has 0 saturated carbocycles. The van der Waals surface area contributed by atoms with E-state index in [0.29, 0.717) is 18.9 Å². The second kappa shape index (κ2) is 6.34. The SMILES string of the molecule is O=C(CCn1ccnn1)NCC1CCCNC1. The summed E-state index contributed by atoms with van der Waals surface area (Å²) in [5.41, 5.74) is 0. The molecule has 0 bridgehead atoms. The van der Waals surface area contributed by atoms with Crippen molar-refractivity contribution in [2.45, 2.75) is 25.8 Å². The highest BCUT2D eigenvalue weighted by atomic mass is 16.1. The summed E-state index contributed by atoms with van der Waals surface area (Å²) in [6, 6.07) is 0. The molecule has 1 aromatic heterocycles. The number of hydrogen-bond acceptors (Lipinski definition) is 4. The molecule has 1 aliphatic heterocycles. The van der Waals surface area contributed by atoms with Gasteiger partial charge in [0.2, 0.25) is 5.91 Å². The molecule has 1 fully saturated rings. The number of rotatable bonds is 5. The molecule has 1 aliphatic rings. The molecule has 2 N–H and O–H groups in total. The summed E-state index contributed by atoms with van der Waals surface area (Å²) >= 11 is 0. The molecule has 6 heteroatoms. The zero-order chi connectivity index (χ0) is 11.9. The summed E-state index contributed by atoms with van der Waals surface area (Å²) < 4.78 is 1.67. The highest BCUT2D eigenvalue weighted by Crippen LogP contribution is 2.08. The lowest BCUT2D eigenvalue weighted by atomic mass is 10.00. The van der Waals surface area contributed by atoms with Gasteiger partial charge in [-0.05, 0) is 31.8 Å². The Hall–Kier alpha value is -1.43. The molecule has 1 aromatic rings. The lowest BCUT2D eigenvalue weighted by Gasteiger charge is -2.22. The van der Waals surface area contributed by atoms with Crippen LogP contribution in [0.2, 0.25) is 0 Å². The van der Waals surface area contributed by atoms with Gasteiger partial charge in [-0.25, -0.2) is 0 Å². The first-order valence-electron chi connectivity index (χ1n) is 6.16. The molecule has 0 radical (unpaired) electrons. The predicted molar refractivity (Wildman–Crippen MR) is 63.2 cm³/mol. The Morgan fingerprint density at radius 1 is 1.59 bits per heavy atom. The molecule has 17 heavy (non-hydrogen) atoms. The Balaban J connectivity index is 1.60. The van der Waals surface area contributed by atoms with Crippen LogP contribution in [0.4, 0.5) is 0 Å². The zero-order valence-corrected chi connectivity index (χ0v) is 9.93. The van der Waals surface area contributed by atoms with Crippen molar-refractivity contribution in [1.82, 2.24) is 25.6 Å². The molecule has 1 amide bonds. The fourth-order valence-electron chi connectivity index (χ4n) is 2.01. The molecule has 0 aliphatic carbocycles. The summed E-state index contributed by atoms with van der Waals surface area (Å²) in [6.45, 7) is 3.50. The van der Waals surface area contributed by atoms with Crippen LogP contribution in [-0.2, 0) is 11.3 Å². The van der Waals surface area contributed by atoms with E-state index in [0.717, 1.165) is 19.6 Å². The maximum absolute atomic E-state index is 11.6. The number of nitrogens with one attached hydrogen (secondary N) is 2. The van der Waals surface area contributed by atoms with Crippen LogP contribution in [0.3, 0.4) is 0 Å². The maximum Gasteiger partial charge on any atom is 0.221 e. The van der Waals surface area contributed by atoms with E-state index in [2.05, 4.69) is 20.9 Å². The minimum Gasteiger partial charge on any atom is -0.356 e. The van der Waals surface area contributed by atoms with E-state index in [4.69, 9.17) is 0 Å². The normalized spacial score (nSPS) is 20.1. The molecule has 1 unspecified atom stereocenters. The van der Waals surface area contributed by atoms with Crippen molar-refractivity contribution in [3.63, 3.8) is 0 Å². The number of carbonyl (C=O) groups is 1. The summed E-state index contributed by atoms with van der Waals surface area (Å²) in [4.78, 5) is 11.6. The molecule has 1 atom stereocenters. The fourth-order valence-corrected chi connectivity index (χ4v) is 2.01. The van der Waals surface area contributed by atoms with Crippen molar-refractivity contribution in [3.05, 3.63) is 12.4 Å². The smallest absolute Gasteiger partial charge is 0.221 e. The fraction of sp³-hybridized carbons (Fsp3) is 0.727. The first-order valence-corrected chi connectivity index (χ1v) is 6.16. The van der Waals surface area contributed by atoms with Gasteiger partial charge in [-0.2, -0.15) is 0 Å². The van der Waals surface area contributed by atoms with Crippen LogP contribution < -0.4 is 10.6 Å². The van der Waals surface area contributed by atoms with E-state index in [1.807, 2.05) is 0 Å². The van der Waals surface area contributed by atoms with Gasteiger partial charge >= 0.3 is 0 Å². The van der Waals surface area contributed by atoms with Crippen LogP contribution in [0.5, 0.6) is 0 Å². The number of carbonyl (C=O) groups excluding carboxylic acids is 1. The molecular weight excluding hydrogens is 218 g/mol. The summed E-state index contributed by atoms with van der Waals surface area (Å²) in [5.74, 6) is 0.671. The lowest BCUT2D eigenvalue weighted by molar-refractivity contribution is -0.121. The van der Waals surface area contributed by atoms with Crippen LogP contribution in [0.25, 0.3) is 0 Å². The van der Waals surface area contributed by atoms with Gasteiger partial charge in [0, 0.05) is 19.2 Å². The lowest BCUT2D eigenvalue weighted by Crippen LogP contribution is -2.38. The number of piperidine rings is 1.